The SMILES string of the molecule is CC.CC.CC(C)C(=O)[C@H](CCCNC(N)=O)NC(=O)[C@H](CO)NC(=O)CCCCCN1C(=O)C=CC1=O. The number of primary amides is 1. The lowest BCUT2D eigenvalue weighted by Crippen LogP contribution is -2.53. The highest BCUT2D eigenvalue weighted by Gasteiger charge is 2.27. The maximum atomic E-state index is 12.6. The fraction of sp³-hybridized carbons (Fsp3) is 0.692. The molecule has 38 heavy (non-hydrogen) atoms. The lowest BCUT2D eigenvalue weighted by molar-refractivity contribution is -0.137. The van der Waals surface area contributed by atoms with E-state index in [4.69, 9.17) is 5.73 Å². The normalized spacial score (nSPS) is 13.5. The summed E-state index contributed by atoms with van der Waals surface area (Å²) in [6.45, 7) is 11.3. The van der Waals surface area contributed by atoms with Crippen LogP contribution >= 0.6 is 0 Å². The van der Waals surface area contributed by atoms with Gasteiger partial charge in [-0.05, 0) is 25.7 Å². The molecule has 1 heterocycles. The van der Waals surface area contributed by atoms with Gasteiger partial charge in [-0.1, -0.05) is 48.0 Å². The molecule has 0 aromatic heterocycles. The van der Waals surface area contributed by atoms with E-state index in [9.17, 15) is 33.9 Å². The van der Waals surface area contributed by atoms with Crippen LogP contribution in [0.2, 0.25) is 0 Å². The molecule has 1 aliphatic rings. The van der Waals surface area contributed by atoms with Gasteiger partial charge >= 0.3 is 6.03 Å². The molecule has 6 N–H and O–H groups in total. The molecule has 218 valence electrons. The highest BCUT2D eigenvalue weighted by atomic mass is 16.3. The van der Waals surface area contributed by atoms with Gasteiger partial charge in [0.15, 0.2) is 5.78 Å². The number of Topliss-reactive ketones (excluding diaryl/α,β-unsaturated/α-hetero) is 1. The van der Waals surface area contributed by atoms with E-state index in [0.29, 0.717) is 25.7 Å². The first-order valence-electron chi connectivity index (χ1n) is 13.4. The Morgan fingerprint density at radius 3 is 1.97 bits per heavy atom. The molecule has 12 nitrogen and oxygen atoms in total. The van der Waals surface area contributed by atoms with Crippen molar-refractivity contribution in [1.29, 1.82) is 0 Å². The van der Waals surface area contributed by atoms with Gasteiger partial charge in [0, 0.05) is 37.6 Å². The van der Waals surface area contributed by atoms with Crippen LogP contribution in [0.1, 0.15) is 80.1 Å². The van der Waals surface area contributed by atoms with Crippen LogP contribution < -0.4 is 21.7 Å². The zero-order chi connectivity index (χ0) is 29.7. The molecular weight excluding hydrogens is 494 g/mol. The second-order valence-electron chi connectivity index (χ2n) is 8.33. The number of urea groups is 1. The highest BCUT2D eigenvalue weighted by Crippen LogP contribution is 2.09. The summed E-state index contributed by atoms with van der Waals surface area (Å²) in [4.78, 5) is 72.1. The van der Waals surface area contributed by atoms with Gasteiger partial charge in [0.2, 0.25) is 11.8 Å². The lowest BCUT2D eigenvalue weighted by atomic mass is 9.97. The number of unbranched alkanes of at least 4 members (excludes halogenated alkanes) is 2. The smallest absolute Gasteiger partial charge is 0.312 e. The van der Waals surface area contributed by atoms with Gasteiger partial charge in [-0.3, -0.25) is 28.9 Å². The molecule has 6 amide bonds. The summed E-state index contributed by atoms with van der Waals surface area (Å²) in [6, 6.07) is -2.74. The number of nitrogens with one attached hydrogen (secondary N) is 3. The van der Waals surface area contributed by atoms with Crippen LogP contribution in [0.15, 0.2) is 12.2 Å². The zero-order valence-corrected chi connectivity index (χ0v) is 23.7. The first kappa shape index (κ1) is 36.9. The van der Waals surface area contributed by atoms with Gasteiger partial charge in [0.05, 0.1) is 12.6 Å². The number of hydrogen-bond donors (Lipinski definition) is 5. The molecule has 1 rings (SSSR count). The van der Waals surface area contributed by atoms with Crippen LogP contribution in [0.4, 0.5) is 4.79 Å². The van der Waals surface area contributed by atoms with Crippen molar-refractivity contribution >= 4 is 35.4 Å². The van der Waals surface area contributed by atoms with Gasteiger partial charge in [-0.15, -0.1) is 0 Å². The summed E-state index contributed by atoms with van der Waals surface area (Å²) in [7, 11) is 0. The summed E-state index contributed by atoms with van der Waals surface area (Å²) in [5.41, 5.74) is 5.01. The predicted octanol–water partition coefficient (Wildman–Crippen LogP) is 1.16. The second kappa shape index (κ2) is 21.8. The number of nitrogens with zero attached hydrogens (tertiary/aromatic N) is 1. The number of imide groups is 1. The Morgan fingerprint density at radius 1 is 0.895 bits per heavy atom. The molecule has 0 aromatic carbocycles. The van der Waals surface area contributed by atoms with E-state index in [1.165, 1.54) is 12.2 Å². The third-order valence-corrected chi connectivity index (χ3v) is 5.22. The number of rotatable bonds is 16. The number of hydrogen-bond acceptors (Lipinski definition) is 7. The van der Waals surface area contributed by atoms with Gasteiger partial charge in [0.25, 0.3) is 11.8 Å². The van der Waals surface area contributed by atoms with Crippen LogP contribution in [-0.4, -0.2) is 77.2 Å². The molecule has 0 saturated heterocycles. The number of carbonyl (C=O) groups is 6. The third-order valence-electron chi connectivity index (χ3n) is 5.22. The molecule has 0 aromatic rings. The lowest BCUT2D eigenvalue weighted by Gasteiger charge is -2.23. The monoisotopic (exact) mass is 541 g/mol. The van der Waals surface area contributed by atoms with E-state index in [2.05, 4.69) is 16.0 Å². The topological polar surface area (TPSA) is 188 Å². The van der Waals surface area contributed by atoms with E-state index in [1.807, 2.05) is 27.7 Å². The number of carbonyl (C=O) groups excluding carboxylic acids is 6. The van der Waals surface area contributed by atoms with E-state index in [-0.39, 0.29) is 49.4 Å². The maximum absolute atomic E-state index is 12.6. The minimum Gasteiger partial charge on any atom is -0.394 e. The molecule has 2 atom stereocenters. The fourth-order valence-electron chi connectivity index (χ4n) is 3.32. The molecule has 0 fully saturated rings. The number of aliphatic hydroxyl groups excluding tert-OH is 1. The van der Waals surface area contributed by atoms with Crippen LogP contribution in [0.5, 0.6) is 0 Å². The molecule has 0 saturated carbocycles. The van der Waals surface area contributed by atoms with Crippen LogP contribution in [-0.2, 0) is 24.0 Å². The largest absolute Gasteiger partial charge is 0.394 e. The fourth-order valence-corrected chi connectivity index (χ4v) is 3.32. The van der Waals surface area contributed by atoms with Crippen molar-refractivity contribution in [2.75, 3.05) is 19.7 Å². The Morgan fingerprint density at radius 2 is 1.47 bits per heavy atom. The molecule has 0 radical (unpaired) electrons. The maximum Gasteiger partial charge on any atom is 0.312 e. The summed E-state index contributed by atoms with van der Waals surface area (Å²) in [6.07, 6.45) is 4.78. The Hall–Kier alpha value is -3.28. The number of nitrogens with two attached hydrogens (primary N) is 1. The number of amides is 6. The Kier molecular flexibility index (Phi) is 21.1. The van der Waals surface area contributed by atoms with Crippen molar-refractivity contribution in [3.63, 3.8) is 0 Å². The Bertz CT molecular complexity index is 781. The van der Waals surface area contributed by atoms with Crippen molar-refractivity contribution in [2.24, 2.45) is 11.7 Å². The minimum atomic E-state index is -1.22. The zero-order valence-electron chi connectivity index (χ0n) is 23.7. The summed E-state index contributed by atoms with van der Waals surface area (Å²) in [5.74, 6) is -2.38. The minimum absolute atomic E-state index is 0.0943. The molecule has 0 bridgehead atoms. The molecule has 1 aliphatic heterocycles. The Balaban J connectivity index is 0. The van der Waals surface area contributed by atoms with Crippen LogP contribution in [0.25, 0.3) is 0 Å². The first-order valence-corrected chi connectivity index (χ1v) is 13.4. The van der Waals surface area contributed by atoms with Gasteiger partial charge in [-0.2, -0.15) is 0 Å². The predicted molar refractivity (Wildman–Crippen MR) is 145 cm³/mol. The van der Waals surface area contributed by atoms with E-state index >= 15 is 0 Å². The standard InChI is InChI=1S/C22H35N5O7.2C2H6/c1-14(2)20(32)15(7-6-11-24-22(23)34)26-21(33)16(13-28)25-17(29)8-4-3-5-12-27-18(30)9-10-19(27)31;2*1-2/h9-10,14-16,28H,3-8,11-13H2,1-2H3,(H,25,29)(H,26,33)(H3,23,24,34);2*1-2H3/t15-,16-;;/m0../s1. The summed E-state index contributed by atoms with van der Waals surface area (Å²) < 4.78 is 0. The van der Waals surface area contributed by atoms with Crippen molar-refractivity contribution in [3.8, 4) is 0 Å². The van der Waals surface area contributed by atoms with Crippen molar-refractivity contribution in [1.82, 2.24) is 20.9 Å². The van der Waals surface area contributed by atoms with Gasteiger partial charge < -0.3 is 26.8 Å². The second-order valence-corrected chi connectivity index (χ2v) is 8.33. The highest BCUT2D eigenvalue weighted by molar-refractivity contribution is 6.12. The third kappa shape index (κ3) is 15.1. The summed E-state index contributed by atoms with van der Waals surface area (Å²) >= 11 is 0. The van der Waals surface area contributed by atoms with Crippen molar-refractivity contribution in [3.05, 3.63) is 12.2 Å². The van der Waals surface area contributed by atoms with E-state index < -0.39 is 36.5 Å². The summed E-state index contributed by atoms with van der Waals surface area (Å²) in [5, 5.41) is 17.0. The van der Waals surface area contributed by atoms with Gasteiger partial charge in [-0.25, -0.2) is 4.79 Å². The van der Waals surface area contributed by atoms with Crippen molar-refractivity contribution in [2.45, 2.75) is 92.2 Å². The average molecular weight is 542 g/mol. The van der Waals surface area contributed by atoms with E-state index in [0.717, 1.165) is 4.90 Å². The quantitative estimate of drug-likeness (QED) is 0.143. The molecule has 0 aliphatic carbocycles. The van der Waals surface area contributed by atoms with Crippen molar-refractivity contribution < 1.29 is 33.9 Å². The molecule has 0 spiro atoms. The molecule has 12 heteroatoms. The molecule has 0 unspecified atom stereocenters. The van der Waals surface area contributed by atoms with Gasteiger partial charge in [0.1, 0.15) is 6.04 Å². The molecular formula is C26H47N5O7. The van der Waals surface area contributed by atoms with Crippen LogP contribution in [0.3, 0.4) is 0 Å². The first-order chi connectivity index (χ1) is 18.1. The van der Waals surface area contributed by atoms with E-state index in [1.54, 1.807) is 13.8 Å². The average Bonchev–Trinajstić information content (AvgIpc) is 3.22. The van der Waals surface area contributed by atoms with Crippen LogP contribution in [0, 0.1) is 5.92 Å². The Labute approximate surface area is 226 Å². The number of ketones is 1. The number of aliphatic hydroxyl groups is 1.